The van der Waals surface area contributed by atoms with Gasteiger partial charge >= 0.3 is 0 Å². The van der Waals surface area contributed by atoms with Crippen molar-refractivity contribution in [2.45, 2.75) is 13.2 Å². The highest BCUT2D eigenvalue weighted by Crippen LogP contribution is 2.33. The van der Waals surface area contributed by atoms with E-state index in [1.807, 2.05) is 91.0 Å². The Labute approximate surface area is 180 Å². The van der Waals surface area contributed by atoms with Gasteiger partial charge in [-0.2, -0.15) is 0 Å². The van der Waals surface area contributed by atoms with Crippen molar-refractivity contribution in [3.63, 3.8) is 0 Å². The second-order valence-corrected chi connectivity index (χ2v) is 7.16. The Bertz CT molecular complexity index is 1250. The van der Waals surface area contributed by atoms with Crippen LogP contribution in [0.3, 0.4) is 0 Å². The second kappa shape index (κ2) is 8.71. The minimum Gasteiger partial charge on any atom is -0.489 e. The highest BCUT2D eigenvalue weighted by atomic mass is 16.5. The van der Waals surface area contributed by atoms with E-state index in [1.54, 1.807) is 6.20 Å². The lowest BCUT2D eigenvalue weighted by Crippen LogP contribution is -1.99. The molecule has 0 fully saturated rings. The van der Waals surface area contributed by atoms with Gasteiger partial charge in [-0.25, -0.2) is 9.97 Å². The molecule has 5 rings (SSSR count). The van der Waals surface area contributed by atoms with Gasteiger partial charge in [-0.05, 0) is 41.5 Å². The van der Waals surface area contributed by atoms with Gasteiger partial charge in [0.25, 0.3) is 0 Å². The lowest BCUT2D eigenvalue weighted by molar-refractivity contribution is 0.298. The van der Waals surface area contributed by atoms with Crippen LogP contribution in [0.15, 0.2) is 97.2 Å². The van der Waals surface area contributed by atoms with Crippen LogP contribution in [0.2, 0.25) is 0 Å². The molecule has 5 nitrogen and oxygen atoms in total. The lowest BCUT2D eigenvalue weighted by atomic mass is 10.1. The van der Waals surface area contributed by atoms with Crippen LogP contribution in [0.4, 0.5) is 0 Å². The van der Waals surface area contributed by atoms with Crippen molar-refractivity contribution >= 4 is 11.2 Å². The van der Waals surface area contributed by atoms with Gasteiger partial charge in [-0.15, -0.1) is 0 Å². The molecule has 0 aliphatic carbocycles. The number of pyridine rings is 1. The van der Waals surface area contributed by atoms with E-state index in [9.17, 15) is 0 Å². The van der Waals surface area contributed by atoms with Gasteiger partial charge in [0.2, 0.25) is 0 Å². The molecule has 1 N–H and O–H groups in total. The third kappa shape index (κ3) is 4.41. The molecule has 0 bridgehead atoms. The van der Waals surface area contributed by atoms with E-state index in [4.69, 9.17) is 14.5 Å². The number of aromatic nitrogens is 3. The number of imidazole rings is 1. The zero-order valence-electron chi connectivity index (χ0n) is 16.9. The van der Waals surface area contributed by atoms with Gasteiger partial charge in [-0.1, -0.05) is 60.7 Å². The van der Waals surface area contributed by atoms with Gasteiger partial charge in [0, 0.05) is 6.20 Å². The topological polar surface area (TPSA) is 60.0 Å². The number of benzene rings is 3. The van der Waals surface area contributed by atoms with Crippen molar-refractivity contribution in [3.8, 4) is 22.9 Å². The Kier molecular flexibility index (Phi) is 5.31. The summed E-state index contributed by atoms with van der Waals surface area (Å²) in [6.07, 6.45) is 1.75. The molecule has 31 heavy (non-hydrogen) atoms. The molecule has 0 saturated carbocycles. The van der Waals surface area contributed by atoms with Crippen molar-refractivity contribution in [1.82, 2.24) is 15.0 Å². The first-order valence-corrected chi connectivity index (χ1v) is 10.1. The van der Waals surface area contributed by atoms with Crippen LogP contribution in [-0.4, -0.2) is 15.0 Å². The Balaban J connectivity index is 1.46. The molecule has 0 aliphatic rings. The van der Waals surface area contributed by atoms with Crippen LogP contribution in [0, 0.1) is 0 Å². The molecule has 0 aliphatic heterocycles. The van der Waals surface area contributed by atoms with Crippen LogP contribution in [-0.2, 0) is 13.2 Å². The summed E-state index contributed by atoms with van der Waals surface area (Å²) in [5.41, 5.74) is 4.59. The molecule has 0 spiro atoms. The molecule has 152 valence electrons. The number of nitrogens with one attached hydrogen (secondary N) is 1. The number of hydrogen-bond donors (Lipinski definition) is 1. The maximum atomic E-state index is 6.16. The van der Waals surface area contributed by atoms with Crippen LogP contribution in [0.5, 0.6) is 11.5 Å². The monoisotopic (exact) mass is 407 g/mol. The van der Waals surface area contributed by atoms with Crippen LogP contribution in [0.1, 0.15) is 11.1 Å². The molecule has 0 atom stereocenters. The van der Waals surface area contributed by atoms with Crippen molar-refractivity contribution in [2.75, 3.05) is 0 Å². The molecule has 0 amide bonds. The molecule has 5 heteroatoms. The first-order valence-electron chi connectivity index (χ1n) is 10.1. The summed E-state index contributed by atoms with van der Waals surface area (Å²) >= 11 is 0. The lowest BCUT2D eigenvalue weighted by Gasteiger charge is -2.13. The maximum absolute atomic E-state index is 6.16. The van der Waals surface area contributed by atoms with Crippen LogP contribution in [0.25, 0.3) is 22.6 Å². The fourth-order valence-corrected chi connectivity index (χ4v) is 3.36. The van der Waals surface area contributed by atoms with Crippen molar-refractivity contribution in [1.29, 1.82) is 0 Å². The van der Waals surface area contributed by atoms with E-state index in [2.05, 4.69) is 9.97 Å². The first kappa shape index (κ1) is 18.9. The molecule has 0 unspecified atom stereocenters. The van der Waals surface area contributed by atoms with Crippen molar-refractivity contribution < 1.29 is 9.47 Å². The normalized spacial score (nSPS) is 10.8. The average Bonchev–Trinajstić information content (AvgIpc) is 3.27. The zero-order chi connectivity index (χ0) is 20.9. The van der Waals surface area contributed by atoms with Gasteiger partial charge < -0.3 is 14.5 Å². The summed E-state index contributed by atoms with van der Waals surface area (Å²) < 4.78 is 12.2. The van der Waals surface area contributed by atoms with E-state index in [0.29, 0.717) is 19.0 Å². The van der Waals surface area contributed by atoms with Gasteiger partial charge in [-0.3, -0.25) is 0 Å². The zero-order valence-corrected chi connectivity index (χ0v) is 16.9. The van der Waals surface area contributed by atoms with E-state index in [0.717, 1.165) is 39.4 Å². The fraction of sp³-hybridized carbons (Fsp3) is 0.0769. The minimum atomic E-state index is 0.469. The molecule has 2 aromatic heterocycles. The third-order valence-corrected chi connectivity index (χ3v) is 4.95. The summed E-state index contributed by atoms with van der Waals surface area (Å²) in [7, 11) is 0. The number of aromatic amines is 1. The molecule has 0 saturated heterocycles. The summed E-state index contributed by atoms with van der Waals surface area (Å²) in [5.74, 6) is 2.18. The van der Waals surface area contributed by atoms with Crippen molar-refractivity contribution in [2.24, 2.45) is 0 Å². The predicted octanol–water partition coefficient (Wildman–Crippen LogP) is 5.78. The second-order valence-electron chi connectivity index (χ2n) is 7.16. The molecule has 5 aromatic rings. The van der Waals surface area contributed by atoms with Gasteiger partial charge in [0.15, 0.2) is 5.65 Å². The van der Waals surface area contributed by atoms with Crippen LogP contribution >= 0.6 is 0 Å². The molecule has 3 aromatic carbocycles. The van der Waals surface area contributed by atoms with Gasteiger partial charge in [0.05, 0.1) is 5.56 Å². The number of hydrogen-bond acceptors (Lipinski definition) is 4. The SMILES string of the molecule is c1ccc(COc2ccc(OCc3ccccc3)c(-c3nc4cccnc4[nH]3)c2)cc1. The Morgan fingerprint density at radius 2 is 1.42 bits per heavy atom. The Morgan fingerprint density at radius 1 is 0.710 bits per heavy atom. The quantitative estimate of drug-likeness (QED) is 0.371. The Morgan fingerprint density at radius 3 is 2.13 bits per heavy atom. The Hall–Kier alpha value is -4.12. The number of ether oxygens (including phenoxy) is 2. The number of H-pyrrole nitrogens is 1. The molecule has 0 radical (unpaired) electrons. The molecular weight excluding hydrogens is 386 g/mol. The van der Waals surface area contributed by atoms with E-state index in [1.165, 1.54) is 0 Å². The summed E-state index contributed by atoms with van der Waals surface area (Å²) in [6.45, 7) is 0.961. The van der Waals surface area contributed by atoms with E-state index >= 15 is 0 Å². The number of rotatable bonds is 7. The summed E-state index contributed by atoms with van der Waals surface area (Å²) in [5, 5.41) is 0. The molecule has 2 heterocycles. The van der Waals surface area contributed by atoms with E-state index in [-0.39, 0.29) is 0 Å². The fourth-order valence-electron chi connectivity index (χ4n) is 3.36. The number of fused-ring (bicyclic) bond motifs is 1. The van der Waals surface area contributed by atoms with Crippen LogP contribution < -0.4 is 9.47 Å². The third-order valence-electron chi connectivity index (χ3n) is 4.95. The largest absolute Gasteiger partial charge is 0.489 e. The predicted molar refractivity (Wildman–Crippen MR) is 121 cm³/mol. The highest BCUT2D eigenvalue weighted by Gasteiger charge is 2.14. The number of nitrogens with zero attached hydrogens (tertiary/aromatic N) is 2. The maximum Gasteiger partial charge on any atom is 0.157 e. The summed E-state index contributed by atoms with van der Waals surface area (Å²) in [6, 6.07) is 29.8. The smallest absolute Gasteiger partial charge is 0.157 e. The molecular formula is C26H21N3O2. The minimum absolute atomic E-state index is 0.469. The summed E-state index contributed by atoms with van der Waals surface area (Å²) in [4.78, 5) is 12.4. The first-order chi connectivity index (χ1) is 15.3. The van der Waals surface area contributed by atoms with E-state index < -0.39 is 0 Å². The van der Waals surface area contributed by atoms with Gasteiger partial charge in [0.1, 0.15) is 36.1 Å². The van der Waals surface area contributed by atoms with Crippen molar-refractivity contribution in [3.05, 3.63) is 108 Å². The highest BCUT2D eigenvalue weighted by molar-refractivity contribution is 5.78. The average molecular weight is 407 g/mol. The standard InChI is InChI=1S/C26H21N3O2/c1-3-8-19(9-4-1)17-30-21-13-14-24(31-18-20-10-5-2-6-11-20)22(16-21)25-28-23-12-7-15-27-26(23)29-25/h1-16H,17-18H2,(H,27,28,29).